The fourth-order valence-corrected chi connectivity index (χ4v) is 2.69. The Hall–Kier alpha value is -1.53. The summed E-state index contributed by atoms with van der Waals surface area (Å²) in [5, 5.41) is 12.5. The van der Waals surface area contributed by atoms with Gasteiger partial charge in [-0.2, -0.15) is 5.26 Å². The van der Waals surface area contributed by atoms with Crippen LogP contribution in [-0.2, 0) is 6.42 Å². The Labute approximate surface area is 121 Å². The van der Waals surface area contributed by atoms with Crippen LogP contribution >= 0.6 is 0 Å². The van der Waals surface area contributed by atoms with Crippen molar-refractivity contribution in [1.29, 1.82) is 5.26 Å². The Balaban J connectivity index is 2.03. The maximum atomic E-state index is 9.03. The molecule has 3 nitrogen and oxygen atoms in total. The predicted molar refractivity (Wildman–Crippen MR) is 80.7 cm³/mol. The van der Waals surface area contributed by atoms with Crippen LogP contribution in [0.3, 0.4) is 0 Å². The zero-order valence-electron chi connectivity index (χ0n) is 12.7. The first-order valence-corrected chi connectivity index (χ1v) is 7.46. The molecule has 1 atom stereocenters. The maximum Gasteiger partial charge on any atom is 0.122 e. The highest BCUT2D eigenvalue weighted by molar-refractivity contribution is 5.45. The lowest BCUT2D eigenvalue weighted by atomic mass is 9.92. The summed E-state index contributed by atoms with van der Waals surface area (Å²) >= 11 is 0. The summed E-state index contributed by atoms with van der Waals surface area (Å²) in [6, 6.07) is 9.09. The SMILES string of the molecule is CCNC1CCc2c(OCCC(C)(C)C#N)cccc21. The molecular formula is C17H24N2O. The van der Waals surface area contributed by atoms with E-state index >= 15 is 0 Å². The summed E-state index contributed by atoms with van der Waals surface area (Å²) in [6.45, 7) is 7.64. The van der Waals surface area contributed by atoms with E-state index < -0.39 is 0 Å². The minimum Gasteiger partial charge on any atom is -0.493 e. The number of fused-ring (bicyclic) bond motifs is 1. The van der Waals surface area contributed by atoms with Gasteiger partial charge in [0.15, 0.2) is 0 Å². The van der Waals surface area contributed by atoms with Gasteiger partial charge in [-0.1, -0.05) is 19.1 Å². The van der Waals surface area contributed by atoms with Gasteiger partial charge in [-0.25, -0.2) is 0 Å². The van der Waals surface area contributed by atoms with Crippen molar-refractivity contribution in [2.24, 2.45) is 5.41 Å². The van der Waals surface area contributed by atoms with Gasteiger partial charge in [0, 0.05) is 6.04 Å². The lowest BCUT2D eigenvalue weighted by Gasteiger charge is -2.17. The van der Waals surface area contributed by atoms with Crippen molar-refractivity contribution in [3.63, 3.8) is 0 Å². The predicted octanol–water partition coefficient (Wildman–Crippen LogP) is 3.60. The molecule has 0 bridgehead atoms. The first kappa shape index (κ1) is 14.9. The molecule has 0 fully saturated rings. The molecule has 2 rings (SSSR count). The van der Waals surface area contributed by atoms with E-state index in [1.54, 1.807) is 0 Å². The van der Waals surface area contributed by atoms with E-state index in [-0.39, 0.29) is 5.41 Å². The Morgan fingerprint density at radius 2 is 2.25 bits per heavy atom. The second kappa shape index (κ2) is 6.28. The Morgan fingerprint density at radius 3 is 2.95 bits per heavy atom. The summed E-state index contributed by atoms with van der Waals surface area (Å²) in [5.74, 6) is 0.997. The highest BCUT2D eigenvalue weighted by Crippen LogP contribution is 2.37. The zero-order chi connectivity index (χ0) is 14.6. The highest BCUT2D eigenvalue weighted by Gasteiger charge is 2.24. The molecule has 0 saturated heterocycles. The molecule has 0 spiro atoms. The summed E-state index contributed by atoms with van der Waals surface area (Å²) < 4.78 is 5.93. The largest absolute Gasteiger partial charge is 0.493 e. The molecule has 0 aliphatic heterocycles. The normalized spacial score (nSPS) is 17.6. The molecule has 3 heteroatoms. The third-order valence-corrected chi connectivity index (χ3v) is 3.97. The fourth-order valence-electron chi connectivity index (χ4n) is 2.69. The van der Waals surface area contributed by atoms with Crippen LogP contribution in [-0.4, -0.2) is 13.2 Å². The lowest BCUT2D eigenvalue weighted by Crippen LogP contribution is -2.18. The van der Waals surface area contributed by atoms with Crippen molar-refractivity contribution in [2.45, 2.75) is 46.1 Å². The van der Waals surface area contributed by atoms with Gasteiger partial charge in [-0.05, 0) is 56.8 Å². The summed E-state index contributed by atoms with van der Waals surface area (Å²) in [7, 11) is 0. The molecule has 1 aliphatic rings. The van der Waals surface area contributed by atoms with Gasteiger partial charge < -0.3 is 10.1 Å². The average molecular weight is 272 g/mol. The van der Waals surface area contributed by atoms with Gasteiger partial charge in [-0.15, -0.1) is 0 Å². The van der Waals surface area contributed by atoms with Gasteiger partial charge in [0.2, 0.25) is 0 Å². The molecule has 1 aromatic rings. The van der Waals surface area contributed by atoms with Crippen LogP contribution in [0.25, 0.3) is 0 Å². The van der Waals surface area contributed by atoms with Gasteiger partial charge in [0.25, 0.3) is 0 Å². The molecular weight excluding hydrogens is 248 g/mol. The van der Waals surface area contributed by atoms with Crippen LogP contribution < -0.4 is 10.1 Å². The van der Waals surface area contributed by atoms with E-state index in [9.17, 15) is 0 Å². The van der Waals surface area contributed by atoms with Crippen molar-refractivity contribution in [1.82, 2.24) is 5.32 Å². The number of rotatable bonds is 6. The van der Waals surface area contributed by atoms with Crippen LogP contribution in [0.5, 0.6) is 5.75 Å². The molecule has 1 aromatic carbocycles. The Bertz CT molecular complexity index is 502. The summed E-state index contributed by atoms with van der Waals surface area (Å²) in [6.07, 6.45) is 2.97. The number of ether oxygens (including phenoxy) is 1. The van der Waals surface area contributed by atoms with E-state index in [0.29, 0.717) is 12.6 Å². The molecule has 108 valence electrons. The molecule has 0 heterocycles. The van der Waals surface area contributed by atoms with E-state index in [1.165, 1.54) is 11.1 Å². The minimum atomic E-state index is -0.315. The third kappa shape index (κ3) is 3.32. The van der Waals surface area contributed by atoms with Gasteiger partial charge in [0.1, 0.15) is 5.75 Å². The van der Waals surface area contributed by atoms with Crippen LogP contribution in [0, 0.1) is 16.7 Å². The number of nitrogens with one attached hydrogen (secondary N) is 1. The standard InChI is InChI=1S/C17H24N2O/c1-4-19-15-9-8-14-13(15)6-5-7-16(14)20-11-10-17(2,3)12-18/h5-7,15,19H,4,8-11H2,1-3H3. The number of hydrogen-bond acceptors (Lipinski definition) is 3. The third-order valence-electron chi connectivity index (χ3n) is 3.97. The van der Waals surface area contributed by atoms with E-state index in [1.807, 2.05) is 19.9 Å². The van der Waals surface area contributed by atoms with Crippen molar-refractivity contribution in [3.05, 3.63) is 29.3 Å². The second-order valence-corrected chi connectivity index (χ2v) is 6.07. The highest BCUT2D eigenvalue weighted by atomic mass is 16.5. The smallest absolute Gasteiger partial charge is 0.122 e. The molecule has 1 N–H and O–H groups in total. The van der Waals surface area contributed by atoms with Gasteiger partial charge in [-0.3, -0.25) is 0 Å². The topological polar surface area (TPSA) is 45.0 Å². The number of hydrogen-bond donors (Lipinski definition) is 1. The molecule has 1 unspecified atom stereocenters. The minimum absolute atomic E-state index is 0.315. The Morgan fingerprint density at radius 1 is 1.45 bits per heavy atom. The van der Waals surface area contributed by atoms with Crippen LogP contribution in [0.15, 0.2) is 18.2 Å². The van der Waals surface area contributed by atoms with E-state index in [4.69, 9.17) is 10.00 Å². The zero-order valence-corrected chi connectivity index (χ0v) is 12.7. The maximum absolute atomic E-state index is 9.03. The van der Waals surface area contributed by atoms with E-state index in [2.05, 4.69) is 30.4 Å². The fraction of sp³-hybridized carbons (Fsp3) is 0.588. The number of nitriles is 1. The molecule has 20 heavy (non-hydrogen) atoms. The van der Waals surface area contributed by atoms with Crippen molar-refractivity contribution < 1.29 is 4.74 Å². The van der Waals surface area contributed by atoms with Crippen LogP contribution in [0.2, 0.25) is 0 Å². The first-order valence-electron chi connectivity index (χ1n) is 7.46. The van der Waals surface area contributed by atoms with Crippen LogP contribution in [0.4, 0.5) is 0 Å². The quantitative estimate of drug-likeness (QED) is 0.860. The molecule has 0 saturated carbocycles. The molecule has 0 aromatic heterocycles. The second-order valence-electron chi connectivity index (χ2n) is 6.07. The average Bonchev–Trinajstić information content (AvgIpc) is 2.84. The van der Waals surface area contributed by atoms with Crippen molar-refractivity contribution in [3.8, 4) is 11.8 Å². The van der Waals surface area contributed by atoms with Crippen LogP contribution in [0.1, 0.15) is 50.8 Å². The number of benzene rings is 1. The Kier molecular flexibility index (Phi) is 4.67. The lowest BCUT2D eigenvalue weighted by molar-refractivity contribution is 0.262. The monoisotopic (exact) mass is 272 g/mol. The van der Waals surface area contributed by atoms with Gasteiger partial charge in [0.05, 0.1) is 18.1 Å². The van der Waals surface area contributed by atoms with E-state index in [0.717, 1.165) is 31.6 Å². The first-order chi connectivity index (χ1) is 9.57. The number of nitrogens with zero attached hydrogens (tertiary/aromatic N) is 1. The molecule has 1 aliphatic carbocycles. The van der Waals surface area contributed by atoms with Crippen molar-refractivity contribution >= 4 is 0 Å². The van der Waals surface area contributed by atoms with Gasteiger partial charge >= 0.3 is 0 Å². The molecule has 0 radical (unpaired) electrons. The summed E-state index contributed by atoms with van der Waals surface area (Å²) in [4.78, 5) is 0. The molecule has 0 amide bonds. The summed E-state index contributed by atoms with van der Waals surface area (Å²) in [5.41, 5.74) is 2.40. The van der Waals surface area contributed by atoms with Crippen molar-refractivity contribution in [2.75, 3.05) is 13.2 Å².